The van der Waals surface area contributed by atoms with E-state index in [0.717, 1.165) is 15.6 Å². The minimum atomic E-state index is 0.287. The molecule has 2 N–H and O–H groups in total. The van der Waals surface area contributed by atoms with Crippen molar-refractivity contribution in [2.24, 2.45) is 0 Å². The number of benzene rings is 2. The summed E-state index contributed by atoms with van der Waals surface area (Å²) in [6.07, 6.45) is 1.42. The number of phenolic OH excluding ortho intramolecular Hbond substituents is 2. The maximum absolute atomic E-state index is 9.75. The van der Waals surface area contributed by atoms with Gasteiger partial charge in [-0.25, -0.2) is 0 Å². The normalized spacial score (nSPS) is 10.4. The Labute approximate surface area is 109 Å². The molecule has 17 heavy (non-hydrogen) atoms. The van der Waals surface area contributed by atoms with E-state index < -0.39 is 0 Å². The Bertz CT molecular complexity index is 523. The Morgan fingerprint density at radius 1 is 0.824 bits per heavy atom. The van der Waals surface area contributed by atoms with Crippen molar-refractivity contribution in [3.05, 3.63) is 58.1 Å². The number of rotatable bonds is 3. The predicted octanol–water partition coefficient (Wildman–Crippen LogP) is 3.65. The summed E-state index contributed by atoms with van der Waals surface area (Å²) in [7, 11) is 0. The molecule has 0 aliphatic carbocycles. The zero-order valence-electron chi connectivity index (χ0n) is 9.23. The van der Waals surface area contributed by atoms with E-state index in [1.165, 1.54) is 0 Å². The molecule has 0 bridgehead atoms. The number of hydrogen-bond donors (Lipinski definition) is 2. The van der Waals surface area contributed by atoms with Gasteiger partial charge in [-0.1, -0.05) is 40.2 Å². The van der Waals surface area contributed by atoms with Crippen molar-refractivity contribution in [2.45, 2.75) is 12.8 Å². The summed E-state index contributed by atoms with van der Waals surface area (Å²) in [5, 5.41) is 19.4. The molecule has 0 radical (unpaired) electrons. The van der Waals surface area contributed by atoms with Crippen molar-refractivity contribution in [3.63, 3.8) is 0 Å². The van der Waals surface area contributed by atoms with Crippen LogP contribution in [0, 0.1) is 0 Å². The average Bonchev–Trinajstić information content (AvgIpc) is 2.30. The monoisotopic (exact) mass is 292 g/mol. The molecule has 0 atom stereocenters. The van der Waals surface area contributed by atoms with Gasteiger partial charge in [-0.3, -0.25) is 0 Å². The molecule has 0 saturated carbocycles. The fourth-order valence-electron chi connectivity index (χ4n) is 1.74. The summed E-state index contributed by atoms with van der Waals surface area (Å²) < 4.78 is 0.862. The van der Waals surface area contributed by atoms with Crippen LogP contribution in [0.15, 0.2) is 46.9 Å². The highest BCUT2D eigenvalue weighted by molar-refractivity contribution is 9.10. The molecule has 2 nitrogen and oxygen atoms in total. The summed E-state index contributed by atoms with van der Waals surface area (Å²) in [4.78, 5) is 0. The van der Waals surface area contributed by atoms with Crippen molar-refractivity contribution < 1.29 is 10.2 Å². The lowest BCUT2D eigenvalue weighted by Crippen LogP contribution is -1.92. The minimum Gasteiger partial charge on any atom is -0.508 e. The Balaban J connectivity index is 2.10. The smallest absolute Gasteiger partial charge is 0.119 e. The van der Waals surface area contributed by atoms with E-state index in [-0.39, 0.29) is 5.75 Å². The van der Waals surface area contributed by atoms with Crippen molar-refractivity contribution in [2.75, 3.05) is 0 Å². The van der Waals surface area contributed by atoms with Gasteiger partial charge >= 0.3 is 0 Å². The van der Waals surface area contributed by atoms with Gasteiger partial charge in [0.2, 0.25) is 0 Å². The Kier molecular flexibility index (Phi) is 3.69. The van der Waals surface area contributed by atoms with Crippen molar-refractivity contribution in [3.8, 4) is 11.5 Å². The molecule has 0 heterocycles. The van der Waals surface area contributed by atoms with Crippen molar-refractivity contribution >= 4 is 15.9 Å². The number of aryl methyl sites for hydroxylation is 2. The van der Waals surface area contributed by atoms with Gasteiger partial charge in [0, 0.05) is 4.47 Å². The molecule has 2 aromatic rings. The van der Waals surface area contributed by atoms with Gasteiger partial charge in [0.25, 0.3) is 0 Å². The number of hydrogen-bond acceptors (Lipinski definition) is 2. The molecule has 0 aliphatic rings. The van der Waals surface area contributed by atoms with Crippen LogP contribution in [0.25, 0.3) is 0 Å². The second-order valence-electron chi connectivity index (χ2n) is 3.90. The summed E-state index contributed by atoms with van der Waals surface area (Å²) in [6, 6.07) is 12.7. The Morgan fingerprint density at radius 2 is 1.47 bits per heavy atom. The molecular weight excluding hydrogens is 280 g/mol. The summed E-state index contributed by atoms with van der Waals surface area (Å²) >= 11 is 3.30. The topological polar surface area (TPSA) is 40.5 Å². The molecule has 0 saturated heterocycles. The zero-order valence-corrected chi connectivity index (χ0v) is 10.8. The molecule has 0 aliphatic heterocycles. The summed E-state index contributed by atoms with van der Waals surface area (Å²) in [5.74, 6) is 0.596. The van der Waals surface area contributed by atoms with Gasteiger partial charge in [-0.05, 0) is 42.2 Å². The van der Waals surface area contributed by atoms with E-state index >= 15 is 0 Å². The molecule has 3 heteroatoms. The third-order valence-electron chi connectivity index (χ3n) is 2.70. The second kappa shape index (κ2) is 5.23. The molecule has 2 aromatic carbocycles. The molecular formula is C14H13BrO2. The van der Waals surface area contributed by atoms with Crippen LogP contribution in [0.1, 0.15) is 11.1 Å². The van der Waals surface area contributed by atoms with E-state index in [0.29, 0.717) is 18.6 Å². The van der Waals surface area contributed by atoms with Crippen LogP contribution < -0.4 is 0 Å². The standard InChI is InChI=1S/C14H13BrO2/c15-12-8-7-11(14(17)9-12)6-5-10-3-1-2-4-13(10)16/h1-4,7-9,16-17H,5-6H2. The maximum Gasteiger partial charge on any atom is 0.119 e. The predicted molar refractivity (Wildman–Crippen MR) is 71.3 cm³/mol. The highest BCUT2D eigenvalue weighted by atomic mass is 79.9. The largest absolute Gasteiger partial charge is 0.508 e. The van der Waals surface area contributed by atoms with Crippen LogP contribution in [0.5, 0.6) is 11.5 Å². The lowest BCUT2D eigenvalue weighted by Gasteiger charge is -2.06. The molecule has 0 amide bonds. The molecule has 2 rings (SSSR count). The van der Waals surface area contributed by atoms with E-state index in [9.17, 15) is 10.2 Å². The first kappa shape index (κ1) is 12.0. The zero-order chi connectivity index (χ0) is 12.3. The molecule has 0 fully saturated rings. The van der Waals surface area contributed by atoms with Gasteiger partial charge in [0.15, 0.2) is 0 Å². The highest BCUT2D eigenvalue weighted by Gasteiger charge is 2.04. The highest BCUT2D eigenvalue weighted by Crippen LogP contribution is 2.25. The summed E-state index contributed by atoms with van der Waals surface area (Å²) in [5.41, 5.74) is 1.78. The first-order valence-electron chi connectivity index (χ1n) is 5.41. The Hall–Kier alpha value is -1.48. The first-order valence-corrected chi connectivity index (χ1v) is 6.20. The fraction of sp³-hybridized carbons (Fsp3) is 0.143. The van der Waals surface area contributed by atoms with E-state index in [2.05, 4.69) is 15.9 Å². The maximum atomic E-state index is 9.75. The van der Waals surface area contributed by atoms with Crippen LogP contribution >= 0.6 is 15.9 Å². The van der Waals surface area contributed by atoms with Gasteiger partial charge in [0.05, 0.1) is 0 Å². The van der Waals surface area contributed by atoms with Gasteiger partial charge < -0.3 is 10.2 Å². The van der Waals surface area contributed by atoms with Gasteiger partial charge in [-0.2, -0.15) is 0 Å². The lowest BCUT2D eigenvalue weighted by molar-refractivity contribution is 0.462. The average molecular weight is 293 g/mol. The van der Waals surface area contributed by atoms with Crippen LogP contribution in [0.2, 0.25) is 0 Å². The third-order valence-corrected chi connectivity index (χ3v) is 3.20. The lowest BCUT2D eigenvalue weighted by atomic mass is 10.0. The molecule has 88 valence electrons. The van der Waals surface area contributed by atoms with Crippen LogP contribution in [-0.4, -0.2) is 10.2 Å². The Morgan fingerprint density at radius 3 is 2.12 bits per heavy atom. The number of aromatic hydroxyl groups is 2. The van der Waals surface area contributed by atoms with Gasteiger partial charge in [0.1, 0.15) is 11.5 Å². The van der Waals surface area contributed by atoms with Crippen LogP contribution in [0.3, 0.4) is 0 Å². The quantitative estimate of drug-likeness (QED) is 0.907. The molecule has 0 aromatic heterocycles. The third kappa shape index (κ3) is 3.01. The van der Waals surface area contributed by atoms with E-state index in [1.54, 1.807) is 18.2 Å². The SMILES string of the molecule is Oc1ccccc1CCc1ccc(Br)cc1O. The second-order valence-corrected chi connectivity index (χ2v) is 4.82. The summed E-state index contributed by atoms with van der Waals surface area (Å²) in [6.45, 7) is 0. The van der Waals surface area contributed by atoms with Crippen LogP contribution in [-0.2, 0) is 12.8 Å². The molecule has 0 unspecified atom stereocenters. The van der Waals surface area contributed by atoms with Crippen LogP contribution in [0.4, 0.5) is 0 Å². The number of phenols is 2. The van der Waals surface area contributed by atoms with E-state index in [4.69, 9.17) is 0 Å². The molecule has 0 spiro atoms. The first-order chi connectivity index (χ1) is 8.16. The van der Waals surface area contributed by atoms with Crippen molar-refractivity contribution in [1.29, 1.82) is 0 Å². The fourth-order valence-corrected chi connectivity index (χ4v) is 2.09. The number of halogens is 1. The van der Waals surface area contributed by atoms with Gasteiger partial charge in [-0.15, -0.1) is 0 Å². The van der Waals surface area contributed by atoms with E-state index in [1.807, 2.05) is 24.3 Å². The minimum absolute atomic E-state index is 0.287. The van der Waals surface area contributed by atoms with Crippen molar-refractivity contribution in [1.82, 2.24) is 0 Å². The number of para-hydroxylation sites is 1.